The van der Waals surface area contributed by atoms with E-state index in [-0.39, 0.29) is 6.61 Å². The molecule has 0 bridgehead atoms. The van der Waals surface area contributed by atoms with Crippen LogP contribution < -0.4 is 4.74 Å². The van der Waals surface area contributed by atoms with Crippen LogP contribution in [0.1, 0.15) is 5.69 Å². The van der Waals surface area contributed by atoms with E-state index in [1.165, 1.54) is 7.11 Å². The molecule has 2 rings (SSSR count). The zero-order valence-corrected chi connectivity index (χ0v) is 11.0. The van der Waals surface area contributed by atoms with Crippen LogP contribution in [0.3, 0.4) is 0 Å². The summed E-state index contributed by atoms with van der Waals surface area (Å²) in [6.45, 7) is 1.89. The molecule has 0 N–H and O–H groups in total. The number of benzene rings is 1. The lowest BCUT2D eigenvalue weighted by molar-refractivity contribution is -0.142. The summed E-state index contributed by atoms with van der Waals surface area (Å²) in [6.07, 6.45) is 0. The van der Waals surface area contributed by atoms with Gasteiger partial charge in [0.15, 0.2) is 6.61 Å². The number of thiazole rings is 1. The number of hydrogen-bond donors (Lipinski definition) is 0. The first-order valence-corrected chi connectivity index (χ1v) is 6.29. The van der Waals surface area contributed by atoms with E-state index in [4.69, 9.17) is 4.74 Å². The highest BCUT2D eigenvalue weighted by molar-refractivity contribution is 7.13. The number of nitrogens with zero attached hydrogens (tertiary/aromatic N) is 1. The van der Waals surface area contributed by atoms with Crippen molar-refractivity contribution in [2.45, 2.75) is 6.92 Å². The Kier molecular flexibility index (Phi) is 3.94. The third kappa shape index (κ3) is 3.07. The maximum Gasteiger partial charge on any atom is 0.343 e. The van der Waals surface area contributed by atoms with E-state index in [1.807, 2.05) is 36.6 Å². The van der Waals surface area contributed by atoms with Crippen LogP contribution in [-0.2, 0) is 9.53 Å². The number of methoxy groups -OCH3 is 1. The molecule has 0 spiro atoms. The SMILES string of the molecule is COC(=O)COc1ccc(-c2nc(C)cs2)cc1. The molecule has 0 amide bonds. The molecule has 0 radical (unpaired) electrons. The fraction of sp³-hybridized carbons (Fsp3) is 0.231. The number of rotatable bonds is 4. The molecule has 0 aliphatic heterocycles. The van der Waals surface area contributed by atoms with Gasteiger partial charge in [0.2, 0.25) is 0 Å². The second kappa shape index (κ2) is 5.64. The van der Waals surface area contributed by atoms with Crippen LogP contribution in [0.5, 0.6) is 5.75 Å². The van der Waals surface area contributed by atoms with Gasteiger partial charge in [-0.2, -0.15) is 0 Å². The zero-order valence-electron chi connectivity index (χ0n) is 10.2. The molecule has 1 heterocycles. The van der Waals surface area contributed by atoms with Crippen molar-refractivity contribution in [2.24, 2.45) is 0 Å². The molecule has 1 aromatic heterocycles. The average Bonchev–Trinajstić information content (AvgIpc) is 2.83. The van der Waals surface area contributed by atoms with E-state index < -0.39 is 5.97 Å². The maximum absolute atomic E-state index is 10.9. The summed E-state index contributed by atoms with van der Waals surface area (Å²) in [7, 11) is 1.33. The molecule has 0 fully saturated rings. The van der Waals surface area contributed by atoms with Gasteiger partial charge in [0.1, 0.15) is 10.8 Å². The third-order valence-electron chi connectivity index (χ3n) is 2.30. The van der Waals surface area contributed by atoms with Crippen molar-refractivity contribution in [2.75, 3.05) is 13.7 Å². The summed E-state index contributed by atoms with van der Waals surface area (Å²) in [5.41, 5.74) is 2.06. The van der Waals surface area contributed by atoms with Crippen LogP contribution in [0, 0.1) is 6.92 Å². The predicted octanol–water partition coefficient (Wildman–Crippen LogP) is 2.67. The van der Waals surface area contributed by atoms with E-state index in [0.717, 1.165) is 16.3 Å². The first-order valence-electron chi connectivity index (χ1n) is 5.41. The van der Waals surface area contributed by atoms with Crippen LogP contribution in [0.25, 0.3) is 10.6 Å². The second-order valence-electron chi connectivity index (χ2n) is 3.68. The highest BCUT2D eigenvalue weighted by atomic mass is 32.1. The summed E-state index contributed by atoms with van der Waals surface area (Å²) in [5.74, 6) is 0.243. The van der Waals surface area contributed by atoms with Crippen molar-refractivity contribution in [3.63, 3.8) is 0 Å². The molecule has 5 heteroatoms. The van der Waals surface area contributed by atoms with Gasteiger partial charge in [-0.1, -0.05) is 0 Å². The molecule has 0 aliphatic rings. The first-order chi connectivity index (χ1) is 8.69. The molecule has 0 unspecified atom stereocenters. The Bertz CT molecular complexity index is 533. The van der Waals surface area contributed by atoms with Crippen LogP contribution in [0.2, 0.25) is 0 Å². The Balaban J connectivity index is 2.03. The normalized spacial score (nSPS) is 10.1. The molecular formula is C13H13NO3S. The van der Waals surface area contributed by atoms with Crippen molar-refractivity contribution in [3.8, 4) is 16.3 Å². The smallest absolute Gasteiger partial charge is 0.343 e. The Hall–Kier alpha value is -1.88. The Morgan fingerprint density at radius 1 is 1.33 bits per heavy atom. The fourth-order valence-corrected chi connectivity index (χ4v) is 2.19. The standard InChI is InChI=1S/C13H13NO3S/c1-9-8-18-13(14-9)10-3-5-11(6-4-10)17-7-12(15)16-2/h3-6,8H,7H2,1-2H3. The molecule has 94 valence electrons. The summed E-state index contributed by atoms with van der Waals surface area (Å²) in [4.78, 5) is 15.3. The van der Waals surface area contributed by atoms with Gasteiger partial charge in [-0.15, -0.1) is 11.3 Å². The van der Waals surface area contributed by atoms with Crippen molar-refractivity contribution in [1.82, 2.24) is 4.98 Å². The van der Waals surface area contributed by atoms with Crippen LogP contribution in [-0.4, -0.2) is 24.7 Å². The van der Waals surface area contributed by atoms with E-state index in [0.29, 0.717) is 5.75 Å². The molecular weight excluding hydrogens is 250 g/mol. The lowest BCUT2D eigenvalue weighted by atomic mass is 10.2. The van der Waals surface area contributed by atoms with E-state index in [2.05, 4.69) is 9.72 Å². The maximum atomic E-state index is 10.9. The molecule has 0 saturated carbocycles. The number of ether oxygens (including phenoxy) is 2. The number of aromatic nitrogens is 1. The average molecular weight is 263 g/mol. The summed E-state index contributed by atoms with van der Waals surface area (Å²) in [5, 5.41) is 2.99. The first kappa shape index (κ1) is 12.6. The van der Waals surface area contributed by atoms with Gasteiger partial charge in [-0.05, 0) is 31.2 Å². The van der Waals surface area contributed by atoms with Crippen LogP contribution in [0.15, 0.2) is 29.6 Å². The zero-order chi connectivity index (χ0) is 13.0. The Morgan fingerprint density at radius 2 is 2.06 bits per heavy atom. The van der Waals surface area contributed by atoms with Crippen molar-refractivity contribution >= 4 is 17.3 Å². The number of hydrogen-bond acceptors (Lipinski definition) is 5. The van der Waals surface area contributed by atoms with E-state index >= 15 is 0 Å². The minimum Gasteiger partial charge on any atom is -0.482 e. The topological polar surface area (TPSA) is 48.4 Å². The van der Waals surface area contributed by atoms with Gasteiger partial charge < -0.3 is 9.47 Å². The lowest BCUT2D eigenvalue weighted by Crippen LogP contribution is -2.12. The van der Waals surface area contributed by atoms with Crippen molar-refractivity contribution < 1.29 is 14.3 Å². The number of aryl methyl sites for hydroxylation is 1. The lowest BCUT2D eigenvalue weighted by Gasteiger charge is -2.04. The fourth-order valence-electron chi connectivity index (χ4n) is 1.38. The quantitative estimate of drug-likeness (QED) is 0.796. The molecule has 0 atom stereocenters. The number of carbonyl (C=O) groups excluding carboxylic acids is 1. The molecule has 4 nitrogen and oxygen atoms in total. The van der Waals surface area contributed by atoms with Crippen LogP contribution >= 0.6 is 11.3 Å². The van der Waals surface area contributed by atoms with Gasteiger partial charge in [0.05, 0.1) is 7.11 Å². The Morgan fingerprint density at radius 3 is 2.61 bits per heavy atom. The predicted molar refractivity (Wildman–Crippen MR) is 69.8 cm³/mol. The van der Waals surface area contributed by atoms with Crippen molar-refractivity contribution in [3.05, 3.63) is 35.3 Å². The Labute approximate surface area is 109 Å². The highest BCUT2D eigenvalue weighted by Gasteiger charge is 2.04. The van der Waals surface area contributed by atoms with E-state index in [1.54, 1.807) is 11.3 Å². The van der Waals surface area contributed by atoms with Gasteiger partial charge in [0, 0.05) is 16.6 Å². The summed E-state index contributed by atoms with van der Waals surface area (Å²) >= 11 is 1.60. The largest absolute Gasteiger partial charge is 0.482 e. The van der Waals surface area contributed by atoms with Gasteiger partial charge in [-0.3, -0.25) is 0 Å². The summed E-state index contributed by atoms with van der Waals surface area (Å²) in [6, 6.07) is 7.47. The molecule has 18 heavy (non-hydrogen) atoms. The summed E-state index contributed by atoms with van der Waals surface area (Å²) < 4.78 is 9.76. The number of esters is 1. The minimum absolute atomic E-state index is 0.0772. The second-order valence-corrected chi connectivity index (χ2v) is 4.54. The molecule has 0 aliphatic carbocycles. The third-order valence-corrected chi connectivity index (χ3v) is 3.31. The molecule has 2 aromatic rings. The minimum atomic E-state index is -0.394. The monoisotopic (exact) mass is 263 g/mol. The van der Waals surface area contributed by atoms with Crippen LogP contribution in [0.4, 0.5) is 0 Å². The van der Waals surface area contributed by atoms with Gasteiger partial charge in [-0.25, -0.2) is 9.78 Å². The molecule has 0 saturated heterocycles. The van der Waals surface area contributed by atoms with Gasteiger partial charge in [0.25, 0.3) is 0 Å². The number of carbonyl (C=O) groups is 1. The molecule has 1 aromatic carbocycles. The highest BCUT2D eigenvalue weighted by Crippen LogP contribution is 2.25. The van der Waals surface area contributed by atoms with Crippen molar-refractivity contribution in [1.29, 1.82) is 0 Å². The van der Waals surface area contributed by atoms with E-state index in [9.17, 15) is 4.79 Å². The van der Waals surface area contributed by atoms with Gasteiger partial charge >= 0.3 is 5.97 Å².